The van der Waals surface area contributed by atoms with Gasteiger partial charge in [-0.1, -0.05) is 53.6 Å². The lowest BCUT2D eigenvalue weighted by Crippen LogP contribution is -2.49. The Bertz CT molecular complexity index is 1180. The van der Waals surface area contributed by atoms with Crippen LogP contribution in [0, 0.1) is 5.92 Å². The van der Waals surface area contributed by atoms with Crippen molar-refractivity contribution >= 4 is 58.7 Å². The average Bonchev–Trinajstić information content (AvgIpc) is 2.90. The van der Waals surface area contributed by atoms with Gasteiger partial charge in [-0.15, -0.1) is 0 Å². The van der Waals surface area contributed by atoms with Crippen LogP contribution >= 0.6 is 23.2 Å². The molecule has 3 rings (SSSR count). The number of hydrogen-bond acceptors (Lipinski definition) is 5. The number of ether oxygens (including phenoxy) is 1. The van der Waals surface area contributed by atoms with Crippen LogP contribution < -0.4 is 10.6 Å². The number of rotatable bonds is 10. The van der Waals surface area contributed by atoms with Crippen molar-refractivity contribution in [2.75, 3.05) is 32.1 Å². The quantitative estimate of drug-likeness (QED) is 0.401. The Labute approximate surface area is 230 Å². The zero-order valence-corrected chi connectivity index (χ0v) is 22.3. The number of methoxy groups -OCH3 is 1. The second kappa shape index (κ2) is 13.9. The summed E-state index contributed by atoms with van der Waals surface area (Å²) in [7, 11) is 1.52. The highest BCUT2D eigenvalue weighted by atomic mass is 35.5. The van der Waals surface area contributed by atoms with E-state index in [0.29, 0.717) is 37.2 Å². The minimum Gasteiger partial charge on any atom is -0.479 e. The summed E-state index contributed by atoms with van der Waals surface area (Å²) < 4.78 is 4.94. The fraction of sp³-hybridized carbons (Fsp3) is 0.333. The number of hydrogen-bond donors (Lipinski definition) is 3. The van der Waals surface area contributed by atoms with Gasteiger partial charge in [0.25, 0.3) is 5.91 Å². The number of aliphatic carboxylic acids is 1. The summed E-state index contributed by atoms with van der Waals surface area (Å²) in [5, 5.41) is 15.4. The molecule has 1 heterocycles. The van der Waals surface area contributed by atoms with Crippen molar-refractivity contribution < 1.29 is 29.0 Å². The van der Waals surface area contributed by atoms with E-state index >= 15 is 0 Å². The molecule has 38 heavy (non-hydrogen) atoms. The third-order valence-corrected chi connectivity index (χ3v) is 6.70. The number of anilines is 1. The summed E-state index contributed by atoms with van der Waals surface area (Å²) in [6, 6.07) is 10.2. The van der Waals surface area contributed by atoms with Gasteiger partial charge < -0.3 is 25.4 Å². The van der Waals surface area contributed by atoms with E-state index in [0.717, 1.165) is 0 Å². The zero-order chi connectivity index (χ0) is 27.7. The molecule has 0 spiro atoms. The van der Waals surface area contributed by atoms with Gasteiger partial charge in [0.2, 0.25) is 11.8 Å². The number of halogens is 2. The molecule has 202 valence electrons. The summed E-state index contributed by atoms with van der Waals surface area (Å²) in [6.45, 7) is 1.12. The first-order chi connectivity index (χ1) is 18.2. The van der Waals surface area contributed by atoms with Gasteiger partial charge >= 0.3 is 5.97 Å². The first-order valence-corrected chi connectivity index (χ1v) is 12.8. The monoisotopic (exact) mass is 561 g/mol. The number of nitrogens with one attached hydrogen (secondary N) is 2. The van der Waals surface area contributed by atoms with Gasteiger partial charge in [0, 0.05) is 25.9 Å². The summed E-state index contributed by atoms with van der Waals surface area (Å²) in [5.74, 6) is -2.66. The van der Waals surface area contributed by atoms with Crippen LogP contribution in [0.4, 0.5) is 5.69 Å². The van der Waals surface area contributed by atoms with Crippen molar-refractivity contribution in [1.29, 1.82) is 0 Å². The van der Waals surface area contributed by atoms with E-state index in [9.17, 15) is 24.3 Å². The molecule has 0 radical (unpaired) electrons. The van der Waals surface area contributed by atoms with Crippen molar-refractivity contribution in [3.63, 3.8) is 0 Å². The van der Waals surface area contributed by atoms with Crippen LogP contribution in [0.25, 0.3) is 6.08 Å². The number of carbonyl (C=O) groups excluding carboxylic acids is 3. The Hall–Kier alpha value is -3.40. The SMILES string of the molecule is COCCC(=O)N1CCCC(C(=O)NC(/C=C/c2ccc(NC(=O)c3c(Cl)cccc3Cl)cc2)C(=O)O)C1. The molecule has 1 fully saturated rings. The predicted molar refractivity (Wildman–Crippen MR) is 145 cm³/mol. The topological polar surface area (TPSA) is 125 Å². The summed E-state index contributed by atoms with van der Waals surface area (Å²) in [5.41, 5.74) is 1.32. The van der Waals surface area contributed by atoms with Crippen molar-refractivity contribution in [3.05, 3.63) is 69.7 Å². The molecule has 3 N–H and O–H groups in total. The van der Waals surface area contributed by atoms with Crippen LogP contribution in [0.1, 0.15) is 35.2 Å². The van der Waals surface area contributed by atoms with E-state index in [2.05, 4.69) is 10.6 Å². The number of piperidine rings is 1. The van der Waals surface area contributed by atoms with E-state index in [4.69, 9.17) is 27.9 Å². The van der Waals surface area contributed by atoms with Gasteiger partial charge in [-0.2, -0.15) is 0 Å². The van der Waals surface area contributed by atoms with Crippen LogP contribution in [-0.4, -0.2) is 66.5 Å². The standard InChI is InChI=1S/C27H29Cl2N3O6/c1-38-15-13-23(33)32-14-3-4-18(16-32)25(34)31-22(27(36)37)12-9-17-7-10-19(11-8-17)30-26(35)24-20(28)5-2-6-21(24)29/h2,5-12,18,22H,3-4,13-16H2,1H3,(H,30,35)(H,31,34)(H,36,37)/b12-9+. The number of carbonyl (C=O) groups is 4. The molecule has 1 saturated heterocycles. The van der Waals surface area contributed by atoms with E-state index in [1.165, 1.54) is 13.2 Å². The lowest BCUT2D eigenvalue weighted by Gasteiger charge is -2.32. The Morgan fingerprint density at radius 1 is 1.13 bits per heavy atom. The predicted octanol–water partition coefficient (Wildman–Crippen LogP) is 4.10. The fourth-order valence-electron chi connectivity index (χ4n) is 4.02. The van der Waals surface area contributed by atoms with Crippen LogP contribution in [0.5, 0.6) is 0 Å². The Morgan fingerprint density at radius 2 is 1.82 bits per heavy atom. The average molecular weight is 562 g/mol. The minimum absolute atomic E-state index is 0.0892. The number of nitrogens with zero attached hydrogens (tertiary/aromatic N) is 1. The molecule has 0 aromatic heterocycles. The lowest BCUT2D eigenvalue weighted by atomic mass is 9.96. The van der Waals surface area contributed by atoms with Crippen LogP contribution in [0.2, 0.25) is 10.0 Å². The van der Waals surface area contributed by atoms with Gasteiger partial charge in [0.15, 0.2) is 0 Å². The zero-order valence-electron chi connectivity index (χ0n) is 20.8. The number of likely N-dealkylation sites (tertiary alicyclic amines) is 1. The van der Waals surface area contributed by atoms with Gasteiger partial charge in [-0.05, 0) is 42.7 Å². The summed E-state index contributed by atoms with van der Waals surface area (Å²) >= 11 is 12.2. The Kier molecular flexibility index (Phi) is 10.7. The molecule has 0 aliphatic carbocycles. The molecule has 2 aromatic carbocycles. The molecule has 2 unspecified atom stereocenters. The van der Waals surface area contributed by atoms with E-state index < -0.39 is 29.7 Å². The first-order valence-electron chi connectivity index (χ1n) is 12.0. The van der Waals surface area contributed by atoms with Crippen molar-refractivity contribution in [2.45, 2.75) is 25.3 Å². The Morgan fingerprint density at radius 3 is 2.45 bits per heavy atom. The van der Waals surface area contributed by atoms with Crippen LogP contribution in [-0.2, 0) is 19.1 Å². The fourth-order valence-corrected chi connectivity index (χ4v) is 4.59. The summed E-state index contributed by atoms with van der Waals surface area (Å²) in [6.07, 6.45) is 4.42. The second-order valence-corrected chi connectivity index (χ2v) is 9.59. The van der Waals surface area contributed by atoms with E-state index in [-0.39, 0.29) is 34.5 Å². The second-order valence-electron chi connectivity index (χ2n) is 8.78. The highest BCUT2D eigenvalue weighted by Gasteiger charge is 2.30. The number of amides is 3. The molecule has 2 aromatic rings. The normalized spacial score (nSPS) is 16.2. The van der Waals surface area contributed by atoms with E-state index in [1.54, 1.807) is 53.4 Å². The molecule has 0 bridgehead atoms. The highest BCUT2D eigenvalue weighted by Crippen LogP contribution is 2.25. The highest BCUT2D eigenvalue weighted by molar-refractivity contribution is 6.40. The van der Waals surface area contributed by atoms with Gasteiger partial charge in [-0.3, -0.25) is 14.4 Å². The lowest BCUT2D eigenvalue weighted by molar-refractivity contribution is -0.142. The Balaban J connectivity index is 1.59. The van der Waals surface area contributed by atoms with Gasteiger partial charge in [0.05, 0.1) is 34.6 Å². The maximum absolute atomic E-state index is 12.8. The maximum Gasteiger partial charge on any atom is 0.330 e. The largest absolute Gasteiger partial charge is 0.479 e. The van der Waals surface area contributed by atoms with Gasteiger partial charge in [-0.25, -0.2) is 4.79 Å². The molecular weight excluding hydrogens is 533 g/mol. The first kappa shape index (κ1) is 29.2. The maximum atomic E-state index is 12.8. The molecule has 1 aliphatic rings. The minimum atomic E-state index is -1.25. The molecule has 11 heteroatoms. The van der Waals surface area contributed by atoms with Crippen molar-refractivity contribution in [3.8, 4) is 0 Å². The molecule has 2 atom stereocenters. The third kappa shape index (κ3) is 8.05. The van der Waals surface area contributed by atoms with Crippen molar-refractivity contribution in [2.24, 2.45) is 5.92 Å². The summed E-state index contributed by atoms with van der Waals surface area (Å²) in [4.78, 5) is 51.0. The van der Waals surface area contributed by atoms with Gasteiger partial charge in [0.1, 0.15) is 6.04 Å². The van der Waals surface area contributed by atoms with Crippen molar-refractivity contribution in [1.82, 2.24) is 10.2 Å². The molecular formula is C27H29Cl2N3O6. The molecule has 3 amide bonds. The molecule has 9 nitrogen and oxygen atoms in total. The number of benzene rings is 2. The molecule has 1 aliphatic heterocycles. The van der Waals surface area contributed by atoms with Crippen LogP contribution in [0.15, 0.2) is 48.5 Å². The smallest absolute Gasteiger partial charge is 0.330 e. The molecule has 0 saturated carbocycles. The third-order valence-electron chi connectivity index (χ3n) is 6.07. The number of carboxylic acids is 1. The number of carboxylic acid groups (broad SMARTS) is 1. The van der Waals surface area contributed by atoms with Crippen LogP contribution in [0.3, 0.4) is 0 Å². The van der Waals surface area contributed by atoms with E-state index in [1.807, 2.05) is 0 Å².